The highest BCUT2D eigenvalue weighted by Crippen LogP contribution is 2.44. The normalized spacial score (nSPS) is 12.3. The molecule has 67 heavy (non-hydrogen) atoms. The van der Waals surface area contributed by atoms with E-state index in [0.29, 0.717) is 191 Å². The van der Waals surface area contributed by atoms with Gasteiger partial charge in [0.05, 0.1) is 172 Å². The predicted molar refractivity (Wildman–Crippen MR) is 249 cm³/mol. The largest absolute Gasteiger partial charge is 0.460 e. The fraction of sp³-hybridized carbons (Fsp3) is 0.714. The molecule has 18 nitrogen and oxygen atoms in total. The van der Waals surface area contributed by atoms with Gasteiger partial charge in [0.2, 0.25) is 0 Å². The Bertz CT molecular complexity index is 1470. The zero-order chi connectivity index (χ0) is 47.7. The Morgan fingerprint density at radius 1 is 0.433 bits per heavy atom. The summed E-state index contributed by atoms with van der Waals surface area (Å²) in [6, 6.07) is 16.6. The molecule has 2 aromatic rings. The van der Waals surface area contributed by atoms with Gasteiger partial charge < -0.3 is 76.4 Å². The molecule has 382 valence electrons. The zero-order valence-corrected chi connectivity index (χ0v) is 40.3. The van der Waals surface area contributed by atoms with Gasteiger partial charge in [-0.1, -0.05) is 48.5 Å². The van der Waals surface area contributed by atoms with Crippen molar-refractivity contribution in [2.24, 2.45) is 0 Å². The van der Waals surface area contributed by atoms with E-state index in [2.05, 4.69) is 29.6 Å². The predicted octanol–water partition coefficient (Wildman–Crippen LogP) is 4.86. The van der Waals surface area contributed by atoms with Crippen molar-refractivity contribution < 1.29 is 80.6 Å². The fourth-order valence-electron chi connectivity index (χ4n) is 6.30. The van der Waals surface area contributed by atoms with Crippen molar-refractivity contribution >= 4 is 12.1 Å². The molecule has 1 aliphatic rings. The van der Waals surface area contributed by atoms with Crippen LogP contribution < -0.4 is 5.32 Å². The number of ether oxygens (including phenoxy) is 15. The van der Waals surface area contributed by atoms with Gasteiger partial charge >= 0.3 is 12.1 Å². The average molecular weight is 954 g/mol. The number of carbonyl (C=O) groups excluding carboxylic acids is 2. The molecular weight excluding hydrogens is 875 g/mol. The minimum Gasteiger partial charge on any atom is -0.460 e. The molecule has 0 atom stereocenters. The van der Waals surface area contributed by atoms with Crippen molar-refractivity contribution in [3.05, 3.63) is 59.7 Å². The van der Waals surface area contributed by atoms with E-state index >= 15 is 0 Å². The molecule has 18 heteroatoms. The Hall–Kier alpha value is -3.34. The number of fused-ring (bicyclic) bond motifs is 3. The number of hydrogen-bond donors (Lipinski definition) is 1. The average Bonchev–Trinajstić information content (AvgIpc) is 3.63. The Morgan fingerprint density at radius 3 is 1.06 bits per heavy atom. The number of alkyl carbamates (subject to hydrolysis) is 1. The summed E-state index contributed by atoms with van der Waals surface area (Å²) in [4.78, 5) is 23.9. The van der Waals surface area contributed by atoms with E-state index in [1.54, 1.807) is 0 Å². The second-order valence-electron chi connectivity index (χ2n) is 15.9. The van der Waals surface area contributed by atoms with Crippen LogP contribution in [0.15, 0.2) is 48.5 Å². The molecule has 0 heterocycles. The maximum atomic E-state index is 12.3. The summed E-state index contributed by atoms with van der Waals surface area (Å²) < 4.78 is 82.3. The highest BCUT2D eigenvalue weighted by atomic mass is 16.6. The summed E-state index contributed by atoms with van der Waals surface area (Å²) in [6.07, 6.45) is 0.484. The topological polar surface area (TPSA) is 185 Å². The number of benzene rings is 2. The van der Waals surface area contributed by atoms with Crippen molar-refractivity contribution in [1.29, 1.82) is 0 Å². The summed E-state index contributed by atoms with van der Waals surface area (Å²) >= 11 is 0. The molecule has 1 aliphatic carbocycles. The number of rotatable bonds is 45. The van der Waals surface area contributed by atoms with Crippen molar-refractivity contribution in [1.82, 2.24) is 5.32 Å². The number of esters is 1. The molecular formula is C49H79NO17. The molecule has 0 fully saturated rings. The number of amides is 1. The van der Waals surface area contributed by atoms with Gasteiger partial charge in [0.15, 0.2) is 0 Å². The van der Waals surface area contributed by atoms with E-state index in [0.717, 1.165) is 0 Å². The summed E-state index contributed by atoms with van der Waals surface area (Å²) in [6.45, 7) is 18.5. The van der Waals surface area contributed by atoms with Crippen LogP contribution in [0.1, 0.15) is 50.7 Å². The molecule has 0 radical (unpaired) electrons. The third-order valence-electron chi connectivity index (χ3n) is 9.41. The highest BCUT2D eigenvalue weighted by molar-refractivity contribution is 5.79. The quantitative estimate of drug-likeness (QED) is 0.0701. The second-order valence-corrected chi connectivity index (χ2v) is 15.9. The molecule has 0 saturated heterocycles. The lowest BCUT2D eigenvalue weighted by molar-refractivity contribution is -0.156. The maximum Gasteiger partial charge on any atom is 0.407 e. The van der Waals surface area contributed by atoms with Gasteiger partial charge in [0, 0.05) is 19.1 Å². The summed E-state index contributed by atoms with van der Waals surface area (Å²) in [5.41, 5.74) is 4.31. The fourth-order valence-corrected chi connectivity index (χ4v) is 6.30. The molecule has 0 bridgehead atoms. The SMILES string of the molecule is CC(C)(C)OC(=O)CCOCCOCCOCCOCCOCCOCCOCCOCCOCCOCCOCCOCCOCCCNC(=O)OCC1c2ccccc2-c2ccccc21. The van der Waals surface area contributed by atoms with Gasteiger partial charge in [-0.2, -0.15) is 0 Å². The van der Waals surface area contributed by atoms with Crippen LogP contribution in [0.5, 0.6) is 0 Å². The Morgan fingerprint density at radius 2 is 0.731 bits per heavy atom. The third-order valence-corrected chi connectivity index (χ3v) is 9.41. The molecule has 3 rings (SSSR count). The first-order valence-electron chi connectivity index (χ1n) is 23.7. The first kappa shape index (κ1) is 58.0. The van der Waals surface area contributed by atoms with Gasteiger partial charge in [0.25, 0.3) is 0 Å². The van der Waals surface area contributed by atoms with Crippen LogP contribution >= 0.6 is 0 Å². The van der Waals surface area contributed by atoms with Crippen molar-refractivity contribution in [3.8, 4) is 11.1 Å². The van der Waals surface area contributed by atoms with Crippen molar-refractivity contribution in [2.45, 2.75) is 45.1 Å². The van der Waals surface area contributed by atoms with E-state index in [9.17, 15) is 9.59 Å². The second kappa shape index (κ2) is 39.5. The molecule has 1 amide bonds. The summed E-state index contributed by atoms with van der Waals surface area (Å²) in [5.74, 6) is -0.226. The number of nitrogens with one attached hydrogen (secondary N) is 1. The Balaban J connectivity index is 0.903. The maximum absolute atomic E-state index is 12.3. The lowest BCUT2D eigenvalue weighted by atomic mass is 9.98. The lowest BCUT2D eigenvalue weighted by Crippen LogP contribution is -2.27. The number of hydrogen-bond acceptors (Lipinski definition) is 17. The smallest absolute Gasteiger partial charge is 0.407 e. The highest BCUT2D eigenvalue weighted by Gasteiger charge is 2.29. The van der Waals surface area contributed by atoms with Crippen LogP contribution in [0.4, 0.5) is 4.79 Å². The van der Waals surface area contributed by atoms with E-state index in [4.69, 9.17) is 71.1 Å². The first-order chi connectivity index (χ1) is 32.8. The van der Waals surface area contributed by atoms with Gasteiger partial charge in [-0.25, -0.2) is 4.79 Å². The van der Waals surface area contributed by atoms with E-state index in [1.807, 2.05) is 45.0 Å². The van der Waals surface area contributed by atoms with Crippen LogP contribution in [-0.2, 0) is 75.8 Å². The molecule has 0 aromatic heterocycles. The van der Waals surface area contributed by atoms with Gasteiger partial charge in [-0.05, 0) is 49.4 Å². The van der Waals surface area contributed by atoms with Crippen molar-refractivity contribution in [2.75, 3.05) is 185 Å². The van der Waals surface area contributed by atoms with Crippen LogP contribution in [0, 0.1) is 0 Å². The van der Waals surface area contributed by atoms with Crippen LogP contribution in [0.2, 0.25) is 0 Å². The van der Waals surface area contributed by atoms with Crippen LogP contribution in [-0.4, -0.2) is 203 Å². The van der Waals surface area contributed by atoms with Gasteiger partial charge in [-0.15, -0.1) is 0 Å². The third kappa shape index (κ3) is 30.7. The van der Waals surface area contributed by atoms with Crippen LogP contribution in [0.3, 0.4) is 0 Å². The monoisotopic (exact) mass is 954 g/mol. The molecule has 1 N–H and O–H groups in total. The van der Waals surface area contributed by atoms with Gasteiger partial charge in [-0.3, -0.25) is 4.79 Å². The first-order valence-corrected chi connectivity index (χ1v) is 23.7. The van der Waals surface area contributed by atoms with Gasteiger partial charge in [0.1, 0.15) is 12.2 Å². The summed E-state index contributed by atoms with van der Waals surface area (Å²) in [7, 11) is 0. The van der Waals surface area contributed by atoms with E-state index < -0.39 is 11.7 Å². The van der Waals surface area contributed by atoms with Crippen LogP contribution in [0.25, 0.3) is 11.1 Å². The van der Waals surface area contributed by atoms with E-state index in [1.165, 1.54) is 22.3 Å². The minimum atomic E-state index is -0.481. The molecule has 0 unspecified atom stereocenters. The Kier molecular flexibility index (Phi) is 34.2. The molecule has 0 aliphatic heterocycles. The Labute approximate surface area is 398 Å². The zero-order valence-electron chi connectivity index (χ0n) is 40.3. The standard InChI is InChI=1S/C49H79NO17/c1-49(2,3)67-47(51)13-16-54-18-20-56-22-24-58-26-28-60-30-32-62-34-36-64-38-40-65-39-37-63-35-33-61-31-29-59-27-25-57-23-21-55-19-17-53-15-8-14-50-48(52)66-41-46-44-11-6-4-9-42(44)43-10-5-7-12-45(43)46/h4-7,9-12,46H,8,13-41H2,1-3H3,(H,50,52). The minimum absolute atomic E-state index is 0.0436. The lowest BCUT2D eigenvalue weighted by Gasteiger charge is -2.19. The molecule has 0 saturated carbocycles. The van der Waals surface area contributed by atoms with Crippen molar-refractivity contribution in [3.63, 3.8) is 0 Å². The van der Waals surface area contributed by atoms with E-state index in [-0.39, 0.29) is 18.3 Å². The number of carbonyl (C=O) groups is 2. The molecule has 2 aromatic carbocycles. The molecule has 0 spiro atoms. The summed E-state index contributed by atoms with van der Waals surface area (Å²) in [5, 5.41) is 2.81.